The molecule has 0 spiro atoms. The number of carboxylic acid groups (broad SMARTS) is 3. The molecule has 1 aromatic carbocycles. The van der Waals surface area contributed by atoms with Gasteiger partial charge in [-0.25, -0.2) is 4.98 Å². The number of amides is 1. The van der Waals surface area contributed by atoms with Gasteiger partial charge in [-0.3, -0.25) is 33.8 Å². The number of allylic oxidation sites excluding steroid dienone is 1. The van der Waals surface area contributed by atoms with Crippen LogP contribution < -0.4 is 11.1 Å². The Balaban J connectivity index is 0.000000279. The van der Waals surface area contributed by atoms with E-state index in [2.05, 4.69) is 25.3 Å². The van der Waals surface area contributed by atoms with Crippen LogP contribution in [-0.4, -0.2) is 105 Å². The zero-order valence-electron chi connectivity index (χ0n) is 29.5. The van der Waals surface area contributed by atoms with Gasteiger partial charge < -0.3 is 45.8 Å². The SMILES string of the molecule is NC(CCCNC(=O)Cc1c[nH]c2ccccc12)C(=O)O.O=C(O)CCCC(=O)OCCC1=CC=NC1.O=C(O)CCCOC(=O)CCc1cnc[nH]1. The van der Waals surface area contributed by atoms with Gasteiger partial charge in [0.15, 0.2) is 0 Å². The Bertz CT molecular complexity index is 1670. The molecule has 288 valence electrons. The van der Waals surface area contributed by atoms with E-state index in [-0.39, 0.29) is 50.1 Å². The number of carbonyl (C=O) groups excluding carboxylic acids is 3. The molecule has 0 fully saturated rings. The second kappa shape index (κ2) is 25.2. The largest absolute Gasteiger partial charge is 0.481 e. The fourth-order valence-corrected chi connectivity index (χ4v) is 4.62. The second-order valence-corrected chi connectivity index (χ2v) is 11.8. The molecule has 1 amide bonds. The number of carbonyl (C=O) groups is 6. The Morgan fingerprint density at radius 1 is 0.868 bits per heavy atom. The van der Waals surface area contributed by atoms with Crippen molar-refractivity contribution in [1.29, 1.82) is 0 Å². The predicted molar refractivity (Wildman–Crippen MR) is 193 cm³/mol. The number of carboxylic acids is 3. The molecule has 3 heterocycles. The molecular weight excluding hydrogens is 692 g/mol. The van der Waals surface area contributed by atoms with Crippen molar-refractivity contribution < 1.29 is 53.6 Å². The number of aliphatic imine (C=N–C) groups is 1. The standard InChI is InChI=1S/C15H19N3O3.C11H15NO4.C10H14N2O4/c16-12(15(20)21)5-3-7-17-14(19)8-10-9-18-13-6-2-1-4-11(10)13;13-10(14)2-1-3-11(15)16-7-5-9-4-6-12-8-9;13-9(14)2-1-5-16-10(15)4-3-8-6-11-7-12-8/h1-2,4,6,9,12,18H,3,5,7-8,16H2,(H,17,19)(H,20,21);4,6H,1-3,5,7-8H2,(H,13,14);6-7H,1-5H2,(H,11,12)(H,13,14). The molecule has 0 saturated heterocycles. The number of aromatic nitrogens is 3. The molecule has 2 aromatic heterocycles. The third-order valence-corrected chi connectivity index (χ3v) is 7.48. The van der Waals surface area contributed by atoms with Crippen molar-refractivity contribution in [3.63, 3.8) is 0 Å². The lowest BCUT2D eigenvalue weighted by Crippen LogP contribution is -2.32. The molecule has 0 aliphatic carbocycles. The molecule has 1 aliphatic heterocycles. The number of aliphatic carboxylic acids is 3. The Hall–Kier alpha value is -5.84. The number of fused-ring (bicyclic) bond motifs is 1. The van der Waals surface area contributed by atoms with E-state index >= 15 is 0 Å². The van der Waals surface area contributed by atoms with Crippen molar-refractivity contribution in [2.75, 3.05) is 26.3 Å². The van der Waals surface area contributed by atoms with Crippen molar-refractivity contribution >= 4 is 52.9 Å². The van der Waals surface area contributed by atoms with Crippen LogP contribution in [0.25, 0.3) is 10.9 Å². The van der Waals surface area contributed by atoms with E-state index in [1.165, 1.54) is 0 Å². The Labute approximate surface area is 306 Å². The van der Waals surface area contributed by atoms with Gasteiger partial charge in [0.2, 0.25) is 5.91 Å². The molecule has 0 radical (unpaired) electrons. The number of hydrogen-bond donors (Lipinski definition) is 7. The van der Waals surface area contributed by atoms with Crippen LogP contribution in [0.5, 0.6) is 0 Å². The van der Waals surface area contributed by atoms with Crippen LogP contribution in [0.4, 0.5) is 0 Å². The summed E-state index contributed by atoms with van der Waals surface area (Å²) in [5, 5.41) is 29.2. The lowest BCUT2D eigenvalue weighted by atomic mass is 10.1. The highest BCUT2D eigenvalue weighted by Crippen LogP contribution is 2.18. The van der Waals surface area contributed by atoms with Gasteiger partial charge in [-0.05, 0) is 55.4 Å². The summed E-state index contributed by atoms with van der Waals surface area (Å²) < 4.78 is 9.81. The minimum atomic E-state index is -1.01. The Morgan fingerprint density at radius 3 is 2.26 bits per heavy atom. The number of imidazole rings is 1. The van der Waals surface area contributed by atoms with Crippen LogP contribution in [0.2, 0.25) is 0 Å². The quantitative estimate of drug-likeness (QED) is 0.0612. The number of aryl methyl sites for hydroxylation is 1. The summed E-state index contributed by atoms with van der Waals surface area (Å²) in [6, 6.07) is 6.94. The van der Waals surface area contributed by atoms with Crippen molar-refractivity contribution in [3.05, 3.63) is 65.9 Å². The first-order valence-electron chi connectivity index (χ1n) is 17.1. The van der Waals surface area contributed by atoms with E-state index in [1.807, 2.05) is 36.5 Å². The molecular formula is C36H48N6O11. The number of esters is 2. The number of benzene rings is 1. The maximum Gasteiger partial charge on any atom is 0.320 e. The lowest BCUT2D eigenvalue weighted by Gasteiger charge is -2.07. The fraction of sp³-hybridized carbons (Fsp3) is 0.444. The van der Waals surface area contributed by atoms with Crippen molar-refractivity contribution in [2.45, 2.75) is 76.7 Å². The van der Waals surface area contributed by atoms with Gasteiger partial charge in [-0.1, -0.05) is 18.2 Å². The molecule has 0 saturated carbocycles. The van der Waals surface area contributed by atoms with Crippen LogP contribution in [0.1, 0.15) is 69.0 Å². The third kappa shape index (κ3) is 20.0. The molecule has 53 heavy (non-hydrogen) atoms. The molecule has 1 unspecified atom stereocenters. The normalized spacial score (nSPS) is 12.0. The van der Waals surface area contributed by atoms with Gasteiger partial charge in [-0.15, -0.1) is 0 Å². The van der Waals surface area contributed by atoms with Gasteiger partial charge in [-0.2, -0.15) is 0 Å². The third-order valence-electron chi connectivity index (χ3n) is 7.48. The summed E-state index contributed by atoms with van der Waals surface area (Å²) in [6.45, 7) is 1.63. The van der Waals surface area contributed by atoms with E-state index in [0.717, 1.165) is 27.7 Å². The van der Waals surface area contributed by atoms with Crippen molar-refractivity contribution in [1.82, 2.24) is 20.3 Å². The summed E-state index contributed by atoms with van der Waals surface area (Å²) in [5.41, 5.74) is 9.37. The number of nitrogens with zero attached hydrogens (tertiary/aromatic N) is 2. The highest BCUT2D eigenvalue weighted by molar-refractivity contribution is 5.88. The zero-order valence-corrected chi connectivity index (χ0v) is 29.5. The second-order valence-electron chi connectivity index (χ2n) is 11.8. The number of hydrogen-bond acceptors (Lipinski definition) is 11. The summed E-state index contributed by atoms with van der Waals surface area (Å²) >= 11 is 0. The van der Waals surface area contributed by atoms with Crippen LogP contribution in [0, 0.1) is 0 Å². The molecule has 1 atom stereocenters. The van der Waals surface area contributed by atoms with Crippen LogP contribution in [0.15, 0.2) is 59.6 Å². The van der Waals surface area contributed by atoms with E-state index in [4.69, 9.17) is 30.5 Å². The highest BCUT2D eigenvalue weighted by Gasteiger charge is 2.12. The topological polar surface area (TPSA) is 276 Å². The van der Waals surface area contributed by atoms with Crippen molar-refractivity contribution in [2.24, 2.45) is 10.7 Å². The Morgan fingerprint density at radius 2 is 1.58 bits per heavy atom. The molecule has 17 heteroatoms. The summed E-state index contributed by atoms with van der Waals surface area (Å²) in [5.74, 6) is -3.51. The fourth-order valence-electron chi connectivity index (χ4n) is 4.62. The number of rotatable bonds is 21. The maximum atomic E-state index is 11.9. The van der Waals surface area contributed by atoms with Gasteiger partial charge in [0, 0.05) is 67.4 Å². The summed E-state index contributed by atoms with van der Waals surface area (Å²) in [4.78, 5) is 78.9. The van der Waals surface area contributed by atoms with Crippen LogP contribution in [-0.2, 0) is 51.1 Å². The monoisotopic (exact) mass is 740 g/mol. The first-order valence-corrected chi connectivity index (χ1v) is 17.1. The lowest BCUT2D eigenvalue weighted by molar-refractivity contribution is -0.145. The smallest absolute Gasteiger partial charge is 0.320 e. The molecule has 0 bridgehead atoms. The van der Waals surface area contributed by atoms with Gasteiger partial charge in [0.05, 0.1) is 38.9 Å². The summed E-state index contributed by atoms with van der Waals surface area (Å²) in [7, 11) is 0. The predicted octanol–water partition coefficient (Wildman–Crippen LogP) is 2.95. The molecule has 1 aliphatic rings. The highest BCUT2D eigenvalue weighted by atomic mass is 16.5. The minimum Gasteiger partial charge on any atom is -0.481 e. The number of nitrogens with one attached hydrogen (secondary N) is 3. The van der Waals surface area contributed by atoms with E-state index in [0.29, 0.717) is 64.6 Å². The molecule has 17 nitrogen and oxygen atoms in total. The minimum absolute atomic E-state index is 0.00803. The molecule has 3 aromatic rings. The van der Waals surface area contributed by atoms with Crippen LogP contribution >= 0.6 is 0 Å². The van der Waals surface area contributed by atoms with Gasteiger partial charge in [0.25, 0.3) is 0 Å². The van der Waals surface area contributed by atoms with E-state index in [1.54, 1.807) is 18.7 Å². The Kier molecular flexibility index (Phi) is 20.6. The van der Waals surface area contributed by atoms with E-state index < -0.39 is 23.9 Å². The number of ether oxygens (including phenoxy) is 2. The van der Waals surface area contributed by atoms with Crippen molar-refractivity contribution in [3.8, 4) is 0 Å². The number of para-hydroxylation sites is 1. The van der Waals surface area contributed by atoms with Crippen LogP contribution in [0.3, 0.4) is 0 Å². The number of H-pyrrole nitrogens is 2. The average Bonchev–Trinajstić information content (AvgIpc) is 3.92. The van der Waals surface area contributed by atoms with E-state index in [9.17, 15) is 28.8 Å². The average molecular weight is 741 g/mol. The number of aromatic amines is 2. The summed E-state index contributed by atoms with van der Waals surface area (Å²) in [6.07, 6.45) is 12.3. The number of nitrogens with two attached hydrogens (primary N) is 1. The van der Waals surface area contributed by atoms with Gasteiger partial charge in [0.1, 0.15) is 6.04 Å². The first kappa shape index (κ1) is 43.3. The van der Waals surface area contributed by atoms with Gasteiger partial charge >= 0.3 is 29.8 Å². The molecule has 8 N–H and O–H groups in total. The molecule has 4 rings (SSSR count). The first-order chi connectivity index (χ1) is 25.4. The zero-order chi connectivity index (χ0) is 38.8. The maximum absolute atomic E-state index is 11.9.